The SMILES string of the molecule is CN1C=CC=C(C(=O)OCN2C(=O)C(c3cn(C)c4ccccc34)=C(c3cn(C)c4cc([N+](=O)[O-])ccc34)C2=O)C1.O=C(O)C(F)(F)F. The number of alkyl halides is 3. The zero-order valence-corrected chi connectivity index (χ0v) is 25.5. The van der Waals surface area contributed by atoms with Crippen molar-refractivity contribution in [2.24, 2.45) is 14.1 Å². The average molecular weight is 666 g/mol. The number of halogens is 3. The number of nitrogens with zero attached hydrogens (tertiary/aromatic N) is 5. The third-order valence-electron chi connectivity index (χ3n) is 7.68. The summed E-state index contributed by atoms with van der Waals surface area (Å²) in [6.07, 6.45) is 3.57. The van der Waals surface area contributed by atoms with Crippen LogP contribution in [0.4, 0.5) is 18.9 Å². The molecule has 13 nitrogen and oxygen atoms in total. The smallest absolute Gasteiger partial charge is 0.475 e. The number of hydrogen-bond acceptors (Lipinski definition) is 8. The molecule has 2 aliphatic rings. The fraction of sp³-hybridized carbons (Fsp3) is 0.188. The molecule has 1 N–H and O–H groups in total. The van der Waals surface area contributed by atoms with Gasteiger partial charge in [-0.1, -0.05) is 18.2 Å². The Morgan fingerprint density at radius 3 is 2.06 bits per heavy atom. The molecule has 2 amide bonds. The molecule has 2 aromatic carbocycles. The maximum absolute atomic E-state index is 14.0. The van der Waals surface area contributed by atoms with Crippen molar-refractivity contribution >= 4 is 62.4 Å². The van der Waals surface area contributed by atoms with Gasteiger partial charge in [0.25, 0.3) is 17.5 Å². The number of benzene rings is 2. The fourth-order valence-corrected chi connectivity index (χ4v) is 5.45. The number of carbonyl (C=O) groups excluding carboxylic acids is 3. The van der Waals surface area contributed by atoms with Crippen LogP contribution < -0.4 is 0 Å². The molecule has 0 aliphatic carbocycles. The third kappa shape index (κ3) is 6.14. The first-order valence-electron chi connectivity index (χ1n) is 14.0. The van der Waals surface area contributed by atoms with Gasteiger partial charge in [0.1, 0.15) is 0 Å². The topological polar surface area (TPSA) is 157 Å². The van der Waals surface area contributed by atoms with Crippen molar-refractivity contribution in [1.29, 1.82) is 0 Å². The third-order valence-corrected chi connectivity index (χ3v) is 7.68. The van der Waals surface area contributed by atoms with Crippen LogP contribution in [0.25, 0.3) is 33.0 Å². The molecule has 0 fully saturated rings. The Morgan fingerprint density at radius 1 is 0.938 bits per heavy atom. The van der Waals surface area contributed by atoms with Crippen LogP contribution in [-0.2, 0) is 38.0 Å². The molecule has 6 rings (SSSR count). The highest BCUT2D eigenvalue weighted by atomic mass is 19.4. The first kappa shape index (κ1) is 33.2. The molecule has 0 saturated carbocycles. The Hall–Kier alpha value is -6.19. The van der Waals surface area contributed by atoms with E-state index in [9.17, 15) is 37.7 Å². The number of imide groups is 1. The first-order valence-corrected chi connectivity index (χ1v) is 14.0. The molecular formula is C32H26F3N5O8. The Bertz CT molecular complexity index is 2120. The molecule has 0 bridgehead atoms. The molecular weight excluding hydrogens is 639 g/mol. The first-order chi connectivity index (χ1) is 22.6. The minimum atomic E-state index is -5.08. The van der Waals surface area contributed by atoms with E-state index in [-0.39, 0.29) is 16.8 Å². The van der Waals surface area contributed by atoms with Gasteiger partial charge in [0.2, 0.25) is 0 Å². The van der Waals surface area contributed by atoms with E-state index in [1.54, 1.807) is 42.2 Å². The maximum Gasteiger partial charge on any atom is 0.490 e. The van der Waals surface area contributed by atoms with E-state index in [0.717, 1.165) is 15.8 Å². The lowest BCUT2D eigenvalue weighted by molar-refractivity contribution is -0.384. The zero-order chi connectivity index (χ0) is 35.1. The van der Waals surface area contributed by atoms with E-state index in [1.807, 2.05) is 54.0 Å². The number of carboxylic acids is 1. The van der Waals surface area contributed by atoms with Crippen molar-refractivity contribution in [2.75, 3.05) is 20.3 Å². The highest BCUT2D eigenvalue weighted by molar-refractivity contribution is 6.50. The Kier molecular flexibility index (Phi) is 8.67. The van der Waals surface area contributed by atoms with Gasteiger partial charge in [-0.2, -0.15) is 13.2 Å². The van der Waals surface area contributed by atoms with Gasteiger partial charge in [-0.3, -0.25) is 19.7 Å². The molecule has 0 atom stereocenters. The quantitative estimate of drug-likeness (QED) is 0.137. The number of nitro benzene ring substituents is 1. The summed E-state index contributed by atoms with van der Waals surface area (Å²) < 4.78 is 40.8. The van der Waals surface area contributed by atoms with E-state index in [1.165, 1.54) is 12.1 Å². The molecule has 48 heavy (non-hydrogen) atoms. The number of amides is 2. The lowest BCUT2D eigenvalue weighted by Crippen LogP contribution is -2.35. The van der Waals surface area contributed by atoms with Crippen molar-refractivity contribution in [1.82, 2.24) is 18.9 Å². The van der Waals surface area contributed by atoms with Crippen LogP contribution >= 0.6 is 0 Å². The van der Waals surface area contributed by atoms with Crippen LogP contribution in [0, 0.1) is 10.1 Å². The molecule has 4 heterocycles. The summed E-state index contributed by atoms with van der Waals surface area (Å²) in [6, 6.07) is 11.9. The van der Waals surface area contributed by atoms with E-state index in [4.69, 9.17) is 14.6 Å². The van der Waals surface area contributed by atoms with Crippen LogP contribution in [0.5, 0.6) is 0 Å². The van der Waals surface area contributed by atoms with Crippen LogP contribution in [0.2, 0.25) is 0 Å². The summed E-state index contributed by atoms with van der Waals surface area (Å²) in [4.78, 5) is 63.3. The molecule has 0 saturated heterocycles. The van der Waals surface area contributed by atoms with Crippen molar-refractivity contribution in [3.8, 4) is 0 Å². The summed E-state index contributed by atoms with van der Waals surface area (Å²) in [5, 5.41) is 19.9. The number of carbonyl (C=O) groups is 4. The number of nitro groups is 1. The summed E-state index contributed by atoms with van der Waals surface area (Å²) in [5.41, 5.74) is 3.04. The van der Waals surface area contributed by atoms with Gasteiger partial charge in [0.05, 0.1) is 27.2 Å². The van der Waals surface area contributed by atoms with Gasteiger partial charge in [-0.15, -0.1) is 0 Å². The lowest BCUT2D eigenvalue weighted by atomic mass is 9.95. The summed E-state index contributed by atoms with van der Waals surface area (Å²) >= 11 is 0. The van der Waals surface area contributed by atoms with Gasteiger partial charge < -0.3 is 23.9 Å². The molecule has 4 aromatic rings. The highest BCUT2D eigenvalue weighted by Crippen LogP contribution is 2.42. The number of rotatable bonds is 6. The molecule has 2 aromatic heterocycles. The number of hydrogen-bond donors (Lipinski definition) is 1. The van der Waals surface area contributed by atoms with Gasteiger partial charge in [0.15, 0.2) is 6.73 Å². The second-order valence-electron chi connectivity index (χ2n) is 10.9. The largest absolute Gasteiger partial charge is 0.490 e. The molecule has 0 spiro atoms. The number of aromatic nitrogens is 2. The molecule has 16 heteroatoms. The number of esters is 1. The van der Waals surface area contributed by atoms with Crippen molar-refractivity contribution < 1.29 is 47.1 Å². The Morgan fingerprint density at radius 2 is 1.50 bits per heavy atom. The van der Waals surface area contributed by atoms with Crippen LogP contribution in [-0.4, -0.2) is 79.2 Å². The number of non-ortho nitro benzene ring substituents is 1. The number of para-hydroxylation sites is 1. The fourth-order valence-electron chi connectivity index (χ4n) is 5.45. The average Bonchev–Trinajstić information content (AvgIpc) is 3.63. The highest BCUT2D eigenvalue weighted by Gasteiger charge is 2.42. The number of carboxylic acid groups (broad SMARTS) is 1. The van der Waals surface area contributed by atoms with Crippen LogP contribution in [0.3, 0.4) is 0 Å². The minimum Gasteiger partial charge on any atom is -0.475 e. The van der Waals surface area contributed by atoms with E-state index < -0.39 is 41.6 Å². The lowest BCUT2D eigenvalue weighted by Gasteiger charge is -2.20. The number of aliphatic carboxylic acids is 1. The van der Waals surface area contributed by atoms with E-state index in [0.29, 0.717) is 34.1 Å². The second-order valence-corrected chi connectivity index (χ2v) is 10.9. The standard InChI is InChI=1S/C30H25N5O6.C2HF3O2/c1-31-12-6-7-18(14-31)30(38)41-17-34-28(36)26(22-15-32(2)24-9-5-4-8-20(22)24)27(29(34)37)23-16-33(3)25-13-19(35(39)40)10-11-21(23)25;3-2(4,5)1(6)7/h4-13,15-16H,14,17H2,1-3H3;(H,6,7). The Balaban J connectivity index is 0.000000582. The van der Waals surface area contributed by atoms with Crippen molar-refractivity contribution in [2.45, 2.75) is 6.18 Å². The summed E-state index contributed by atoms with van der Waals surface area (Å²) in [6.45, 7) is -0.223. The van der Waals surface area contributed by atoms with Gasteiger partial charge in [-0.25, -0.2) is 14.5 Å². The predicted molar refractivity (Wildman–Crippen MR) is 166 cm³/mol. The van der Waals surface area contributed by atoms with Crippen LogP contribution in [0.1, 0.15) is 11.1 Å². The van der Waals surface area contributed by atoms with E-state index in [2.05, 4.69) is 0 Å². The monoisotopic (exact) mass is 665 g/mol. The molecule has 248 valence electrons. The van der Waals surface area contributed by atoms with Crippen molar-refractivity contribution in [3.05, 3.63) is 100 Å². The minimum absolute atomic E-state index is 0.0895. The van der Waals surface area contributed by atoms with E-state index >= 15 is 0 Å². The second kappa shape index (κ2) is 12.5. The Labute approximate surface area is 269 Å². The number of aryl methyl sites for hydroxylation is 2. The predicted octanol–water partition coefficient (Wildman–Crippen LogP) is 4.38. The van der Waals surface area contributed by atoms with Crippen LogP contribution in [0.15, 0.2) is 78.8 Å². The summed E-state index contributed by atoms with van der Waals surface area (Å²) in [7, 11) is 5.39. The normalized spacial score (nSPS) is 14.8. The molecule has 0 unspecified atom stereocenters. The number of likely N-dealkylation sites (N-methyl/N-ethyl adjacent to an activating group) is 1. The van der Waals surface area contributed by atoms with Gasteiger partial charge >= 0.3 is 18.1 Å². The number of ether oxygens (including phenoxy) is 1. The zero-order valence-electron chi connectivity index (χ0n) is 25.5. The van der Waals surface area contributed by atoms with Crippen molar-refractivity contribution in [3.63, 3.8) is 0 Å². The van der Waals surface area contributed by atoms with Gasteiger partial charge in [0, 0.05) is 79.6 Å². The summed E-state index contributed by atoms with van der Waals surface area (Å²) in [5.74, 6) is -4.60. The molecule has 2 aliphatic heterocycles. The molecule has 0 radical (unpaired) electrons. The number of allylic oxidation sites excluding steroid dienone is 2. The maximum atomic E-state index is 14.0. The number of fused-ring (bicyclic) bond motifs is 2. The van der Waals surface area contributed by atoms with Gasteiger partial charge in [-0.05, 0) is 30.5 Å².